The summed E-state index contributed by atoms with van der Waals surface area (Å²) in [7, 11) is 0. The SMILES string of the molecule is C=CCNC(=O)[C@@H](C)Sc1nnc(-c2ccc(OCC)cc2)n1N. The first-order chi connectivity index (χ1) is 11.6. The van der Waals surface area contributed by atoms with Crippen LogP contribution in [0.3, 0.4) is 0 Å². The fourth-order valence-corrected chi connectivity index (χ4v) is 2.74. The number of hydrogen-bond donors (Lipinski definition) is 2. The van der Waals surface area contributed by atoms with E-state index in [1.807, 2.05) is 31.2 Å². The van der Waals surface area contributed by atoms with E-state index in [4.69, 9.17) is 10.6 Å². The Morgan fingerprint density at radius 1 is 1.46 bits per heavy atom. The number of nitrogens with one attached hydrogen (secondary N) is 1. The minimum atomic E-state index is -0.343. The highest BCUT2D eigenvalue weighted by molar-refractivity contribution is 8.00. The van der Waals surface area contributed by atoms with Gasteiger partial charge in [-0.05, 0) is 38.1 Å². The number of thioether (sulfide) groups is 1. The first-order valence-corrected chi connectivity index (χ1v) is 8.43. The van der Waals surface area contributed by atoms with E-state index in [9.17, 15) is 4.79 Å². The highest BCUT2D eigenvalue weighted by Crippen LogP contribution is 2.25. The number of ether oxygens (including phenoxy) is 1. The number of amides is 1. The van der Waals surface area contributed by atoms with Gasteiger partial charge in [-0.3, -0.25) is 4.79 Å². The van der Waals surface area contributed by atoms with Crippen molar-refractivity contribution >= 4 is 17.7 Å². The molecule has 2 aromatic rings. The monoisotopic (exact) mass is 347 g/mol. The van der Waals surface area contributed by atoms with Crippen molar-refractivity contribution in [3.8, 4) is 17.1 Å². The first kappa shape index (κ1) is 17.9. The highest BCUT2D eigenvalue weighted by atomic mass is 32.2. The van der Waals surface area contributed by atoms with E-state index in [0.717, 1.165) is 11.3 Å². The molecule has 0 saturated heterocycles. The van der Waals surface area contributed by atoms with Crippen molar-refractivity contribution in [3.63, 3.8) is 0 Å². The van der Waals surface area contributed by atoms with Gasteiger partial charge in [0.2, 0.25) is 11.1 Å². The van der Waals surface area contributed by atoms with Crippen molar-refractivity contribution in [1.82, 2.24) is 20.2 Å². The number of carbonyl (C=O) groups excluding carboxylic acids is 1. The maximum atomic E-state index is 11.9. The Labute approximate surface area is 145 Å². The van der Waals surface area contributed by atoms with Crippen LogP contribution in [-0.4, -0.2) is 39.2 Å². The molecule has 0 aliphatic rings. The molecule has 1 aromatic carbocycles. The molecule has 7 nitrogen and oxygen atoms in total. The second-order valence-corrected chi connectivity index (χ2v) is 6.24. The number of rotatable bonds is 8. The van der Waals surface area contributed by atoms with Gasteiger partial charge in [-0.15, -0.1) is 16.8 Å². The predicted octanol–water partition coefficient (Wildman–Crippen LogP) is 1.84. The maximum absolute atomic E-state index is 11.9. The van der Waals surface area contributed by atoms with E-state index in [2.05, 4.69) is 22.1 Å². The van der Waals surface area contributed by atoms with Gasteiger partial charge in [0.25, 0.3) is 0 Å². The van der Waals surface area contributed by atoms with E-state index >= 15 is 0 Å². The molecule has 1 heterocycles. The van der Waals surface area contributed by atoms with Gasteiger partial charge in [-0.2, -0.15) is 0 Å². The molecule has 0 unspecified atom stereocenters. The van der Waals surface area contributed by atoms with Crippen LogP contribution in [0.25, 0.3) is 11.4 Å². The zero-order valence-electron chi connectivity index (χ0n) is 13.7. The minimum Gasteiger partial charge on any atom is -0.494 e. The highest BCUT2D eigenvalue weighted by Gasteiger charge is 2.19. The van der Waals surface area contributed by atoms with Crippen molar-refractivity contribution in [2.24, 2.45) is 0 Å². The number of carbonyl (C=O) groups is 1. The van der Waals surface area contributed by atoms with Crippen LogP contribution < -0.4 is 15.9 Å². The fraction of sp³-hybridized carbons (Fsp3) is 0.312. The summed E-state index contributed by atoms with van der Waals surface area (Å²) in [5, 5.41) is 11.1. The molecular weight excluding hydrogens is 326 g/mol. The Balaban J connectivity index is 2.10. The Kier molecular flexibility index (Phi) is 6.25. The van der Waals surface area contributed by atoms with E-state index in [1.165, 1.54) is 16.4 Å². The summed E-state index contributed by atoms with van der Waals surface area (Å²) in [6.07, 6.45) is 1.63. The molecule has 0 bridgehead atoms. The maximum Gasteiger partial charge on any atom is 0.233 e. The summed E-state index contributed by atoms with van der Waals surface area (Å²) in [5.74, 6) is 7.28. The van der Waals surface area contributed by atoms with E-state index in [0.29, 0.717) is 24.1 Å². The van der Waals surface area contributed by atoms with Crippen LogP contribution in [0.15, 0.2) is 42.1 Å². The van der Waals surface area contributed by atoms with E-state index in [-0.39, 0.29) is 11.2 Å². The number of nitrogens with two attached hydrogens (primary N) is 1. The van der Waals surface area contributed by atoms with Crippen molar-refractivity contribution in [1.29, 1.82) is 0 Å². The molecular formula is C16H21N5O2S. The summed E-state index contributed by atoms with van der Waals surface area (Å²) in [6, 6.07) is 7.44. The van der Waals surface area contributed by atoms with Crippen molar-refractivity contribution < 1.29 is 9.53 Å². The number of nitrogens with zero attached hydrogens (tertiary/aromatic N) is 3. The molecule has 1 atom stereocenters. The van der Waals surface area contributed by atoms with Gasteiger partial charge in [0, 0.05) is 12.1 Å². The van der Waals surface area contributed by atoms with Gasteiger partial charge < -0.3 is 15.9 Å². The van der Waals surface area contributed by atoms with Crippen LogP contribution in [0.1, 0.15) is 13.8 Å². The van der Waals surface area contributed by atoms with Gasteiger partial charge in [-0.25, -0.2) is 4.68 Å². The van der Waals surface area contributed by atoms with Crippen molar-refractivity contribution in [2.45, 2.75) is 24.3 Å². The molecule has 0 aliphatic carbocycles. The van der Waals surface area contributed by atoms with Gasteiger partial charge in [0.05, 0.1) is 11.9 Å². The molecule has 0 radical (unpaired) electrons. The Morgan fingerprint density at radius 3 is 2.79 bits per heavy atom. The lowest BCUT2D eigenvalue weighted by Crippen LogP contribution is -2.31. The lowest BCUT2D eigenvalue weighted by molar-refractivity contribution is -0.120. The molecule has 24 heavy (non-hydrogen) atoms. The molecule has 0 saturated carbocycles. The van der Waals surface area contributed by atoms with Crippen LogP contribution in [0, 0.1) is 0 Å². The third-order valence-corrected chi connectivity index (χ3v) is 4.22. The van der Waals surface area contributed by atoms with Gasteiger partial charge >= 0.3 is 0 Å². The molecule has 128 valence electrons. The largest absolute Gasteiger partial charge is 0.494 e. The molecule has 3 N–H and O–H groups in total. The number of benzene rings is 1. The molecule has 1 aromatic heterocycles. The summed E-state index contributed by atoms with van der Waals surface area (Å²) < 4.78 is 6.80. The molecule has 0 aliphatic heterocycles. The smallest absolute Gasteiger partial charge is 0.233 e. The molecule has 0 spiro atoms. The van der Waals surface area contributed by atoms with Gasteiger partial charge in [-0.1, -0.05) is 17.8 Å². The van der Waals surface area contributed by atoms with Crippen LogP contribution in [0.2, 0.25) is 0 Å². The summed E-state index contributed by atoms with van der Waals surface area (Å²) in [5.41, 5.74) is 0.823. The Bertz CT molecular complexity index is 699. The average molecular weight is 347 g/mol. The zero-order chi connectivity index (χ0) is 17.5. The number of hydrogen-bond acceptors (Lipinski definition) is 6. The zero-order valence-corrected chi connectivity index (χ0v) is 14.5. The third kappa shape index (κ3) is 4.29. The Hall–Kier alpha value is -2.48. The molecule has 8 heteroatoms. The number of nitrogen functional groups attached to an aromatic ring is 1. The quantitative estimate of drug-likeness (QED) is 0.430. The number of aromatic nitrogens is 3. The lowest BCUT2D eigenvalue weighted by atomic mass is 10.2. The van der Waals surface area contributed by atoms with Gasteiger partial charge in [0.15, 0.2) is 5.82 Å². The van der Waals surface area contributed by atoms with Crippen molar-refractivity contribution in [3.05, 3.63) is 36.9 Å². The van der Waals surface area contributed by atoms with E-state index < -0.39 is 0 Å². The normalized spacial score (nSPS) is 11.8. The van der Waals surface area contributed by atoms with Crippen molar-refractivity contribution in [2.75, 3.05) is 19.0 Å². The van der Waals surface area contributed by atoms with Crippen LogP contribution in [0.5, 0.6) is 5.75 Å². The van der Waals surface area contributed by atoms with Crippen LogP contribution in [0.4, 0.5) is 0 Å². The predicted molar refractivity (Wildman–Crippen MR) is 95.3 cm³/mol. The summed E-state index contributed by atoms with van der Waals surface area (Å²) >= 11 is 1.25. The average Bonchev–Trinajstić information content (AvgIpc) is 2.94. The van der Waals surface area contributed by atoms with E-state index in [1.54, 1.807) is 13.0 Å². The third-order valence-electron chi connectivity index (χ3n) is 3.16. The second-order valence-electron chi connectivity index (χ2n) is 4.93. The molecule has 1 amide bonds. The molecule has 0 fully saturated rings. The lowest BCUT2D eigenvalue weighted by Gasteiger charge is -2.10. The standard InChI is InChI=1S/C16H21N5O2S/c1-4-10-18-15(22)11(3)24-16-20-19-14(21(16)17)12-6-8-13(9-7-12)23-5-2/h4,6-9,11H,1,5,10,17H2,2-3H3,(H,18,22)/t11-/m1/s1. The Morgan fingerprint density at radius 2 is 2.17 bits per heavy atom. The minimum absolute atomic E-state index is 0.106. The first-order valence-electron chi connectivity index (χ1n) is 7.55. The fourth-order valence-electron chi connectivity index (χ4n) is 1.95. The summed E-state index contributed by atoms with van der Waals surface area (Å²) in [6.45, 7) is 8.32. The van der Waals surface area contributed by atoms with Crippen LogP contribution in [-0.2, 0) is 4.79 Å². The summed E-state index contributed by atoms with van der Waals surface area (Å²) in [4.78, 5) is 11.9. The van der Waals surface area contributed by atoms with Crippen LogP contribution >= 0.6 is 11.8 Å². The van der Waals surface area contributed by atoms with Gasteiger partial charge in [0.1, 0.15) is 5.75 Å². The molecule has 2 rings (SSSR count). The second kappa shape index (κ2) is 8.39. The topological polar surface area (TPSA) is 95.1 Å².